The average Bonchev–Trinajstić information content (AvgIpc) is 3.30. The fraction of sp³-hybridized carbons (Fsp3) is 0.0526. The predicted octanol–water partition coefficient (Wildman–Crippen LogP) is 3.64. The van der Waals surface area contributed by atoms with E-state index in [-0.39, 0.29) is 17.3 Å². The molecular weight excluding hydrogens is 410 g/mol. The molecule has 29 heavy (non-hydrogen) atoms. The highest BCUT2D eigenvalue weighted by Crippen LogP contribution is 2.26. The van der Waals surface area contributed by atoms with Crippen LogP contribution in [0.4, 0.5) is 5.69 Å². The van der Waals surface area contributed by atoms with Gasteiger partial charge in [-0.2, -0.15) is 15.2 Å². The molecule has 3 aromatic rings. The van der Waals surface area contributed by atoms with E-state index in [9.17, 15) is 14.9 Å². The van der Waals surface area contributed by atoms with Gasteiger partial charge >= 0.3 is 0 Å². The molecule has 0 spiro atoms. The molecule has 2 heterocycles. The van der Waals surface area contributed by atoms with Crippen LogP contribution >= 0.6 is 24.0 Å². The zero-order valence-electron chi connectivity index (χ0n) is 14.8. The number of aromatic nitrogens is 2. The Morgan fingerprint density at radius 1 is 1.17 bits per heavy atom. The molecule has 1 fully saturated rings. The van der Waals surface area contributed by atoms with E-state index in [0.717, 1.165) is 5.69 Å². The fourth-order valence-electron chi connectivity index (χ4n) is 2.74. The summed E-state index contributed by atoms with van der Waals surface area (Å²) in [5, 5.41) is 21.0. The summed E-state index contributed by atoms with van der Waals surface area (Å²) in [7, 11) is 0. The van der Waals surface area contributed by atoms with E-state index >= 15 is 0 Å². The summed E-state index contributed by atoms with van der Waals surface area (Å²) < 4.78 is 2.09. The first-order valence-electron chi connectivity index (χ1n) is 8.46. The lowest BCUT2D eigenvalue weighted by Gasteiger charge is -2.06. The molecule has 0 atom stereocenters. The van der Waals surface area contributed by atoms with E-state index in [1.165, 1.54) is 35.1 Å². The second kappa shape index (κ2) is 7.94. The van der Waals surface area contributed by atoms with Gasteiger partial charge in [-0.15, -0.1) is 0 Å². The summed E-state index contributed by atoms with van der Waals surface area (Å²) in [6.07, 6.45) is 3.31. The van der Waals surface area contributed by atoms with Gasteiger partial charge in [0.25, 0.3) is 11.6 Å². The Bertz CT molecular complexity index is 1110. The van der Waals surface area contributed by atoms with Gasteiger partial charge in [0, 0.05) is 29.5 Å². The number of non-ortho nitro benzene ring substituents is 1. The third kappa shape index (κ3) is 3.93. The summed E-state index contributed by atoms with van der Waals surface area (Å²) in [6.45, 7) is 0. The van der Waals surface area contributed by atoms with Gasteiger partial charge in [-0.25, -0.2) is 4.68 Å². The molecule has 1 saturated heterocycles. The second-order valence-corrected chi connectivity index (χ2v) is 7.63. The minimum absolute atomic E-state index is 0.00324. The van der Waals surface area contributed by atoms with Crippen molar-refractivity contribution in [3.05, 3.63) is 76.5 Å². The van der Waals surface area contributed by atoms with Crippen LogP contribution in [0.25, 0.3) is 16.9 Å². The Labute approximate surface area is 175 Å². The number of hydrazone groups is 1. The van der Waals surface area contributed by atoms with Crippen molar-refractivity contribution in [3.63, 3.8) is 0 Å². The van der Waals surface area contributed by atoms with Crippen LogP contribution in [0.1, 0.15) is 5.56 Å². The number of amides is 1. The van der Waals surface area contributed by atoms with E-state index in [2.05, 4.69) is 10.2 Å². The molecule has 2 aromatic carbocycles. The van der Waals surface area contributed by atoms with Crippen molar-refractivity contribution < 1.29 is 9.72 Å². The number of nitrogens with zero attached hydrogens (tertiary/aromatic N) is 5. The van der Waals surface area contributed by atoms with Crippen molar-refractivity contribution in [2.45, 2.75) is 0 Å². The smallest absolute Gasteiger partial charge is 0.269 e. The average molecular weight is 423 g/mol. The van der Waals surface area contributed by atoms with Crippen LogP contribution in [-0.4, -0.2) is 41.9 Å². The van der Waals surface area contributed by atoms with E-state index in [1.54, 1.807) is 23.0 Å². The third-order valence-corrected chi connectivity index (χ3v) is 5.49. The molecule has 1 aliphatic rings. The Morgan fingerprint density at radius 3 is 2.52 bits per heavy atom. The van der Waals surface area contributed by atoms with Crippen LogP contribution in [0.5, 0.6) is 0 Å². The number of para-hydroxylation sites is 1. The monoisotopic (exact) mass is 423 g/mol. The number of rotatable bonds is 5. The summed E-state index contributed by atoms with van der Waals surface area (Å²) in [4.78, 5) is 22.4. The number of thiocarbonyl (C=S) groups is 1. The van der Waals surface area contributed by atoms with Gasteiger partial charge < -0.3 is 0 Å². The summed E-state index contributed by atoms with van der Waals surface area (Å²) in [5.41, 5.74) is 2.76. The fourth-order valence-corrected chi connectivity index (χ4v) is 3.71. The summed E-state index contributed by atoms with van der Waals surface area (Å²) >= 11 is 6.41. The number of thioether (sulfide) groups is 1. The second-order valence-electron chi connectivity index (χ2n) is 6.02. The Morgan fingerprint density at radius 2 is 1.90 bits per heavy atom. The van der Waals surface area contributed by atoms with Crippen molar-refractivity contribution in [2.24, 2.45) is 5.10 Å². The van der Waals surface area contributed by atoms with Crippen molar-refractivity contribution in [3.8, 4) is 16.9 Å². The Kier molecular flexibility index (Phi) is 5.19. The van der Waals surface area contributed by atoms with Crippen molar-refractivity contribution in [1.29, 1.82) is 0 Å². The largest absolute Gasteiger partial charge is 0.272 e. The zero-order chi connectivity index (χ0) is 20.4. The van der Waals surface area contributed by atoms with Gasteiger partial charge in [-0.3, -0.25) is 14.9 Å². The van der Waals surface area contributed by atoms with Gasteiger partial charge in [0.05, 0.1) is 22.6 Å². The lowest BCUT2D eigenvalue weighted by atomic mass is 10.1. The first kappa shape index (κ1) is 19.0. The molecule has 0 N–H and O–H groups in total. The lowest BCUT2D eigenvalue weighted by molar-refractivity contribution is -0.384. The molecule has 0 radical (unpaired) electrons. The van der Waals surface area contributed by atoms with Crippen molar-refractivity contribution in [2.75, 3.05) is 5.75 Å². The van der Waals surface area contributed by atoms with Gasteiger partial charge in [-0.05, 0) is 24.3 Å². The van der Waals surface area contributed by atoms with Crippen molar-refractivity contribution >= 4 is 46.1 Å². The van der Waals surface area contributed by atoms with Crippen LogP contribution in [0.2, 0.25) is 0 Å². The zero-order valence-corrected chi connectivity index (χ0v) is 16.5. The predicted molar refractivity (Wildman–Crippen MR) is 115 cm³/mol. The first-order valence-corrected chi connectivity index (χ1v) is 9.86. The number of hydrogen-bond acceptors (Lipinski definition) is 7. The number of nitro groups is 1. The van der Waals surface area contributed by atoms with Crippen LogP contribution in [0.15, 0.2) is 65.9 Å². The molecule has 0 unspecified atom stereocenters. The third-order valence-electron chi connectivity index (χ3n) is 4.16. The molecular formula is C19H13N5O3S2. The number of benzene rings is 2. The molecule has 0 bridgehead atoms. The maximum atomic E-state index is 11.9. The van der Waals surface area contributed by atoms with Gasteiger partial charge in [0.2, 0.25) is 0 Å². The topological polar surface area (TPSA) is 93.6 Å². The normalized spacial score (nSPS) is 14.1. The highest BCUT2D eigenvalue weighted by molar-refractivity contribution is 8.23. The molecule has 144 valence electrons. The molecule has 0 saturated carbocycles. The van der Waals surface area contributed by atoms with Gasteiger partial charge in [0.1, 0.15) is 5.69 Å². The minimum atomic E-state index is -0.452. The molecule has 1 amide bonds. The van der Waals surface area contributed by atoms with E-state index < -0.39 is 4.92 Å². The van der Waals surface area contributed by atoms with E-state index in [1.807, 2.05) is 30.3 Å². The standard InChI is InChI=1S/C19H13N5O3S2/c25-17-12-29-19(28)23(17)20-10-14-11-22(15-4-2-1-3-5-15)21-18(14)13-6-8-16(9-7-13)24(26)27/h1-11H,12H2/b20-10+. The first-order chi connectivity index (χ1) is 14.0. The molecule has 8 nitrogen and oxygen atoms in total. The highest BCUT2D eigenvalue weighted by atomic mass is 32.2. The van der Waals surface area contributed by atoms with Crippen molar-refractivity contribution in [1.82, 2.24) is 14.8 Å². The van der Waals surface area contributed by atoms with E-state index in [4.69, 9.17) is 12.2 Å². The minimum Gasteiger partial charge on any atom is -0.272 e. The summed E-state index contributed by atoms with van der Waals surface area (Å²) in [5.74, 6) is 0.0952. The Hall–Kier alpha value is -3.37. The quantitative estimate of drug-likeness (QED) is 0.269. The highest BCUT2D eigenvalue weighted by Gasteiger charge is 2.26. The number of nitro benzene ring substituents is 1. The van der Waals surface area contributed by atoms with E-state index in [0.29, 0.717) is 21.1 Å². The number of carbonyl (C=O) groups is 1. The Balaban J connectivity index is 1.76. The number of carbonyl (C=O) groups excluding carboxylic acids is 1. The summed E-state index contributed by atoms with van der Waals surface area (Å²) in [6, 6.07) is 15.6. The van der Waals surface area contributed by atoms with Crippen LogP contribution < -0.4 is 0 Å². The van der Waals surface area contributed by atoms with Gasteiger partial charge in [-0.1, -0.05) is 42.2 Å². The molecule has 10 heteroatoms. The SMILES string of the molecule is O=C1CSC(=S)N1/N=C/c1cn(-c2ccccc2)nc1-c1ccc([N+](=O)[O-])cc1. The molecule has 1 aliphatic heterocycles. The molecule has 1 aromatic heterocycles. The maximum Gasteiger partial charge on any atom is 0.269 e. The van der Waals surface area contributed by atoms with Crippen LogP contribution in [-0.2, 0) is 4.79 Å². The maximum absolute atomic E-state index is 11.9. The van der Waals surface area contributed by atoms with Gasteiger partial charge in [0.15, 0.2) is 4.32 Å². The number of hydrogen-bond donors (Lipinski definition) is 0. The lowest BCUT2D eigenvalue weighted by Crippen LogP contribution is -2.22. The van der Waals surface area contributed by atoms with Crippen LogP contribution in [0.3, 0.4) is 0 Å². The molecule has 0 aliphatic carbocycles. The van der Waals surface area contributed by atoms with Crippen LogP contribution in [0, 0.1) is 10.1 Å². The molecule has 4 rings (SSSR count).